The second kappa shape index (κ2) is 3.86. The van der Waals surface area contributed by atoms with Crippen LogP contribution in [0, 0.1) is 22.7 Å². The van der Waals surface area contributed by atoms with Crippen molar-refractivity contribution in [1.82, 2.24) is 4.90 Å². The Bertz CT molecular complexity index is 462. The molecule has 1 saturated heterocycles. The number of nitriles is 2. The molecule has 0 radical (unpaired) electrons. The Kier molecular flexibility index (Phi) is 2.39. The summed E-state index contributed by atoms with van der Waals surface area (Å²) in [5.74, 6) is 0. The molecular formula is C12H9N3. The molecule has 1 aliphatic heterocycles. The summed E-state index contributed by atoms with van der Waals surface area (Å²) in [6.45, 7) is 0.721. The molecule has 1 aromatic carbocycles. The van der Waals surface area contributed by atoms with E-state index < -0.39 is 0 Å². The molecule has 0 saturated carbocycles. The predicted octanol–water partition coefficient (Wildman–Crippen LogP) is 1.76. The van der Waals surface area contributed by atoms with E-state index >= 15 is 0 Å². The lowest BCUT2D eigenvalue weighted by Gasteiger charge is -2.07. The molecule has 0 aliphatic carbocycles. The summed E-state index contributed by atoms with van der Waals surface area (Å²) in [6.07, 6.45) is 1.49. The fourth-order valence-electron chi connectivity index (χ4n) is 1.52. The van der Waals surface area contributed by atoms with Gasteiger partial charge < -0.3 is 4.90 Å². The lowest BCUT2D eigenvalue weighted by molar-refractivity contribution is 0.764. The summed E-state index contributed by atoms with van der Waals surface area (Å²) in [5, 5.41) is 17.4. The first-order chi connectivity index (χ1) is 7.36. The highest BCUT2D eigenvalue weighted by atomic mass is 15.3. The highest BCUT2D eigenvalue weighted by Crippen LogP contribution is 2.30. The van der Waals surface area contributed by atoms with Crippen LogP contribution >= 0.6 is 0 Å². The Hall–Kier alpha value is -2.26. The van der Waals surface area contributed by atoms with Crippen LogP contribution in [0.4, 0.5) is 0 Å². The molecule has 1 atom stereocenters. The molecule has 1 unspecified atom stereocenters. The van der Waals surface area contributed by atoms with E-state index in [0.29, 0.717) is 0 Å². The van der Waals surface area contributed by atoms with E-state index in [1.54, 1.807) is 0 Å². The average Bonchev–Trinajstić information content (AvgIpc) is 3.06. The van der Waals surface area contributed by atoms with E-state index in [1.807, 2.05) is 41.3 Å². The number of hydrogen-bond acceptors (Lipinski definition) is 3. The van der Waals surface area contributed by atoms with E-state index in [9.17, 15) is 0 Å². The molecule has 3 nitrogen and oxygen atoms in total. The second-order valence-corrected chi connectivity index (χ2v) is 3.32. The SMILES string of the molecule is N#CC=C(c1ccccc1)N1CC1C#N. The predicted molar refractivity (Wildman–Crippen MR) is 56.1 cm³/mol. The van der Waals surface area contributed by atoms with Gasteiger partial charge in [0, 0.05) is 6.08 Å². The Morgan fingerprint density at radius 2 is 2.07 bits per heavy atom. The molecule has 15 heavy (non-hydrogen) atoms. The molecule has 2 rings (SSSR count). The van der Waals surface area contributed by atoms with Gasteiger partial charge in [0.05, 0.1) is 24.4 Å². The van der Waals surface area contributed by atoms with Gasteiger partial charge in [-0.05, 0) is 5.56 Å². The third kappa shape index (κ3) is 1.82. The van der Waals surface area contributed by atoms with Gasteiger partial charge in [-0.2, -0.15) is 10.5 Å². The minimum Gasteiger partial charge on any atom is -0.350 e. The maximum Gasteiger partial charge on any atom is 0.134 e. The fourth-order valence-corrected chi connectivity index (χ4v) is 1.52. The summed E-state index contributed by atoms with van der Waals surface area (Å²) in [4.78, 5) is 1.92. The van der Waals surface area contributed by atoms with Gasteiger partial charge in [-0.25, -0.2) is 0 Å². The van der Waals surface area contributed by atoms with E-state index in [4.69, 9.17) is 10.5 Å². The average molecular weight is 195 g/mol. The molecule has 72 valence electrons. The van der Waals surface area contributed by atoms with Crippen molar-refractivity contribution in [3.05, 3.63) is 42.0 Å². The Morgan fingerprint density at radius 1 is 1.33 bits per heavy atom. The molecule has 1 aliphatic rings. The molecule has 0 aromatic heterocycles. The van der Waals surface area contributed by atoms with Crippen LogP contribution in [-0.4, -0.2) is 17.5 Å². The highest BCUT2D eigenvalue weighted by Gasteiger charge is 2.36. The molecule has 0 amide bonds. The standard InChI is InChI=1S/C12H9N3/c13-7-6-12(15-9-11(15)8-14)10-4-2-1-3-5-10/h1-6,11H,9H2. The zero-order valence-corrected chi connectivity index (χ0v) is 8.09. The molecule has 0 spiro atoms. The van der Waals surface area contributed by atoms with Crippen molar-refractivity contribution in [3.8, 4) is 12.1 Å². The lowest BCUT2D eigenvalue weighted by Crippen LogP contribution is -1.99. The largest absolute Gasteiger partial charge is 0.350 e. The van der Waals surface area contributed by atoms with Crippen LogP contribution in [0.1, 0.15) is 5.56 Å². The van der Waals surface area contributed by atoms with Crippen molar-refractivity contribution in [2.75, 3.05) is 6.54 Å². The second-order valence-electron chi connectivity index (χ2n) is 3.32. The summed E-state index contributed by atoms with van der Waals surface area (Å²) in [7, 11) is 0. The Labute approximate surface area is 88.5 Å². The molecule has 3 heteroatoms. The first-order valence-electron chi connectivity index (χ1n) is 4.68. The zero-order chi connectivity index (χ0) is 10.7. The van der Waals surface area contributed by atoms with E-state index in [0.717, 1.165) is 17.8 Å². The summed E-state index contributed by atoms with van der Waals surface area (Å²) < 4.78 is 0. The number of allylic oxidation sites excluding steroid dienone is 1. The van der Waals surface area contributed by atoms with Crippen molar-refractivity contribution < 1.29 is 0 Å². The highest BCUT2D eigenvalue weighted by molar-refractivity contribution is 5.68. The van der Waals surface area contributed by atoms with Crippen molar-refractivity contribution in [1.29, 1.82) is 10.5 Å². The molecular weight excluding hydrogens is 186 g/mol. The van der Waals surface area contributed by atoms with Crippen molar-refractivity contribution in [3.63, 3.8) is 0 Å². The van der Waals surface area contributed by atoms with Gasteiger partial charge in [-0.3, -0.25) is 0 Å². The number of rotatable bonds is 2. The van der Waals surface area contributed by atoms with Gasteiger partial charge in [-0.15, -0.1) is 0 Å². The van der Waals surface area contributed by atoms with E-state index in [1.165, 1.54) is 6.08 Å². The lowest BCUT2D eigenvalue weighted by atomic mass is 10.1. The van der Waals surface area contributed by atoms with Gasteiger partial charge in [-0.1, -0.05) is 30.3 Å². The Morgan fingerprint density at radius 3 is 2.60 bits per heavy atom. The van der Waals surface area contributed by atoms with Crippen LogP contribution in [0.2, 0.25) is 0 Å². The monoisotopic (exact) mass is 195 g/mol. The van der Waals surface area contributed by atoms with Crippen molar-refractivity contribution in [2.24, 2.45) is 0 Å². The van der Waals surface area contributed by atoms with Crippen molar-refractivity contribution in [2.45, 2.75) is 6.04 Å². The topological polar surface area (TPSA) is 50.6 Å². The van der Waals surface area contributed by atoms with Gasteiger partial charge in [0.15, 0.2) is 0 Å². The third-order valence-corrected chi connectivity index (χ3v) is 2.34. The zero-order valence-electron chi connectivity index (χ0n) is 8.09. The maximum absolute atomic E-state index is 8.74. The third-order valence-electron chi connectivity index (χ3n) is 2.34. The molecule has 1 aromatic rings. The van der Waals surface area contributed by atoms with Gasteiger partial charge in [0.1, 0.15) is 6.04 Å². The van der Waals surface area contributed by atoms with E-state index in [-0.39, 0.29) is 6.04 Å². The van der Waals surface area contributed by atoms with Crippen LogP contribution in [0.5, 0.6) is 0 Å². The van der Waals surface area contributed by atoms with Crippen LogP contribution in [0.3, 0.4) is 0 Å². The molecule has 0 N–H and O–H groups in total. The van der Waals surface area contributed by atoms with E-state index in [2.05, 4.69) is 6.07 Å². The minimum atomic E-state index is -0.0650. The molecule has 1 heterocycles. The smallest absolute Gasteiger partial charge is 0.134 e. The van der Waals surface area contributed by atoms with Crippen LogP contribution in [-0.2, 0) is 0 Å². The van der Waals surface area contributed by atoms with Crippen LogP contribution < -0.4 is 0 Å². The summed E-state index contributed by atoms with van der Waals surface area (Å²) in [6, 6.07) is 13.8. The van der Waals surface area contributed by atoms with Gasteiger partial charge in [0.2, 0.25) is 0 Å². The molecule has 1 fully saturated rings. The molecule has 0 bridgehead atoms. The quantitative estimate of drug-likeness (QED) is 0.533. The van der Waals surface area contributed by atoms with Crippen molar-refractivity contribution >= 4 is 5.70 Å². The first-order valence-corrected chi connectivity index (χ1v) is 4.68. The summed E-state index contributed by atoms with van der Waals surface area (Å²) >= 11 is 0. The van der Waals surface area contributed by atoms with Crippen LogP contribution in [0.25, 0.3) is 5.70 Å². The van der Waals surface area contributed by atoms with Crippen LogP contribution in [0.15, 0.2) is 36.4 Å². The number of nitrogens with zero attached hydrogens (tertiary/aromatic N) is 3. The fraction of sp³-hybridized carbons (Fsp3) is 0.167. The Balaban J connectivity index is 2.29. The normalized spacial score (nSPS) is 19.2. The van der Waals surface area contributed by atoms with Gasteiger partial charge >= 0.3 is 0 Å². The summed E-state index contributed by atoms with van der Waals surface area (Å²) in [5.41, 5.74) is 1.82. The number of hydrogen-bond donors (Lipinski definition) is 0. The van der Waals surface area contributed by atoms with Gasteiger partial charge in [0.25, 0.3) is 0 Å². The minimum absolute atomic E-state index is 0.0650. The maximum atomic E-state index is 8.74. The number of benzene rings is 1. The first kappa shape index (κ1) is 9.30.